The predicted octanol–water partition coefficient (Wildman–Crippen LogP) is 8.61. The Hall–Kier alpha value is -4.51. The lowest BCUT2D eigenvalue weighted by Gasteiger charge is -2.14. The highest BCUT2D eigenvalue weighted by Gasteiger charge is 2.17. The summed E-state index contributed by atoms with van der Waals surface area (Å²) >= 11 is 0. The van der Waals surface area contributed by atoms with Gasteiger partial charge in [-0.25, -0.2) is 0 Å². The molecule has 1 aromatic rings. The minimum Gasteiger partial charge on any atom is -0.497 e. The van der Waals surface area contributed by atoms with Crippen molar-refractivity contribution in [1.29, 1.82) is 0 Å². The molecule has 0 aliphatic rings. The maximum atomic E-state index is 13.2. The molecule has 0 spiro atoms. The van der Waals surface area contributed by atoms with Gasteiger partial charge in [-0.3, -0.25) is 14.6 Å². The molecule has 234 valence electrons. The van der Waals surface area contributed by atoms with Crippen LogP contribution in [0.25, 0.3) is 0 Å². The number of methoxy groups -OCH3 is 1. The van der Waals surface area contributed by atoms with E-state index < -0.39 is 6.10 Å². The van der Waals surface area contributed by atoms with Crippen molar-refractivity contribution in [3.05, 3.63) is 132 Å². The first kappa shape index (κ1) is 37.5. The molecule has 0 bridgehead atoms. The molecular weight excluding hydrogens is 550 g/mol. The number of rotatable bonds is 20. The van der Waals surface area contributed by atoms with E-state index in [-0.39, 0.29) is 24.6 Å². The van der Waals surface area contributed by atoms with Gasteiger partial charge in [0.2, 0.25) is 0 Å². The molecule has 0 unspecified atom stereocenters. The van der Waals surface area contributed by atoms with Crippen LogP contribution in [0.1, 0.15) is 71.5 Å². The summed E-state index contributed by atoms with van der Waals surface area (Å²) in [4.78, 5) is 29.6. The average molecular weight is 598 g/mol. The number of ketones is 2. The van der Waals surface area contributed by atoms with Crippen molar-refractivity contribution in [3.63, 3.8) is 0 Å². The van der Waals surface area contributed by atoms with Crippen LogP contribution in [0, 0.1) is 0 Å². The van der Waals surface area contributed by atoms with E-state index in [1.54, 1.807) is 38.3 Å². The van der Waals surface area contributed by atoms with E-state index >= 15 is 0 Å². The Morgan fingerprint density at radius 1 is 1.02 bits per heavy atom. The quantitative estimate of drug-likeness (QED) is 0.0406. The van der Waals surface area contributed by atoms with Gasteiger partial charge in [0.1, 0.15) is 18.1 Å². The lowest BCUT2D eigenvalue weighted by atomic mass is 9.98. The van der Waals surface area contributed by atoms with Gasteiger partial charge in [-0.15, -0.1) is 5.73 Å². The van der Waals surface area contributed by atoms with E-state index in [1.165, 1.54) is 6.92 Å². The molecule has 0 radical (unpaired) electrons. The van der Waals surface area contributed by atoms with Gasteiger partial charge in [-0.1, -0.05) is 62.2 Å². The topological polar surface area (TPSA) is 85.2 Å². The second-order valence-electron chi connectivity index (χ2n) is 10.2. The highest BCUT2D eigenvalue weighted by Crippen LogP contribution is 2.24. The van der Waals surface area contributed by atoms with E-state index in [0.717, 1.165) is 28.3 Å². The van der Waals surface area contributed by atoms with Crippen molar-refractivity contribution in [2.45, 2.75) is 65.9 Å². The van der Waals surface area contributed by atoms with Gasteiger partial charge in [0.15, 0.2) is 11.6 Å². The third-order valence-corrected chi connectivity index (χ3v) is 6.27. The zero-order valence-electron chi connectivity index (χ0n) is 26.9. The zero-order chi connectivity index (χ0) is 32.9. The summed E-state index contributed by atoms with van der Waals surface area (Å²) in [5, 5.41) is 10.8. The van der Waals surface area contributed by atoms with Crippen LogP contribution in [0.4, 0.5) is 0 Å². The standard InChI is InChI=1S/C38H47NO5/c1-9-11-13-17-32(23-26-35(41)31-21-24-33(43-8)25-22-31)39-34(28(3)4)18-15-16-19-36(42)38(29(5)6)37(20-14-12-10-2)44-27-30(7)40/h9-11,13-17,21-22,24-25,35,41H,1,3,5,18-20,23,26-27H2,2,4,6-8H3/b13-11+,16-15+,32-17-,38-37+,39-34?/t12?,35-/m0/s1. The Kier molecular flexibility index (Phi) is 18.1. The normalized spacial score (nSPS) is 13.1. The summed E-state index contributed by atoms with van der Waals surface area (Å²) in [6, 6.07) is 7.36. The molecule has 1 atom stereocenters. The molecule has 0 amide bonds. The minimum atomic E-state index is -0.657. The van der Waals surface area contributed by atoms with E-state index in [9.17, 15) is 14.7 Å². The van der Waals surface area contributed by atoms with Gasteiger partial charge in [-0.05, 0) is 87.6 Å². The molecule has 0 saturated carbocycles. The number of aliphatic hydroxyl groups is 1. The summed E-state index contributed by atoms with van der Waals surface area (Å²) in [6.45, 7) is 18.6. The van der Waals surface area contributed by atoms with E-state index in [1.807, 2.05) is 62.4 Å². The number of ether oxygens (including phenoxy) is 2. The molecule has 6 heteroatoms. The molecule has 1 N–H and O–H groups in total. The van der Waals surface area contributed by atoms with Gasteiger partial charge >= 0.3 is 0 Å². The monoisotopic (exact) mass is 597 g/mol. The molecule has 0 aliphatic carbocycles. The number of hydrogen-bond acceptors (Lipinski definition) is 6. The number of nitrogens with zero attached hydrogens (tertiary/aromatic N) is 1. The number of benzene rings is 1. The first-order valence-corrected chi connectivity index (χ1v) is 14.6. The van der Waals surface area contributed by atoms with Gasteiger partial charge in [0.05, 0.1) is 18.8 Å². The van der Waals surface area contributed by atoms with Gasteiger partial charge in [0.25, 0.3) is 0 Å². The van der Waals surface area contributed by atoms with Crippen LogP contribution >= 0.6 is 0 Å². The molecule has 44 heavy (non-hydrogen) atoms. The molecule has 1 aromatic carbocycles. The number of allylic oxidation sites excluding steroid dienone is 11. The number of aliphatic imine (C=N–C) groups is 1. The Morgan fingerprint density at radius 3 is 2.27 bits per heavy atom. The van der Waals surface area contributed by atoms with Crippen molar-refractivity contribution >= 4 is 17.3 Å². The summed E-state index contributed by atoms with van der Waals surface area (Å²) in [5.41, 5.74) is 7.08. The Morgan fingerprint density at radius 2 is 1.70 bits per heavy atom. The maximum Gasteiger partial charge on any atom is 0.170 e. The molecule has 0 saturated heterocycles. The summed E-state index contributed by atoms with van der Waals surface area (Å²) < 4.78 is 10.9. The third-order valence-electron chi connectivity index (χ3n) is 6.27. The predicted molar refractivity (Wildman–Crippen MR) is 182 cm³/mol. The fourth-order valence-corrected chi connectivity index (χ4v) is 4.00. The summed E-state index contributed by atoms with van der Waals surface area (Å²) in [7, 11) is 1.61. The second kappa shape index (κ2) is 21.2. The SMILES string of the molecule is C=C/C=C/C=C(/CC[C@H](O)c1ccc(OC)cc1)N=C(C/C=C/CC(=O)/C(C(=C)C)=C(\CC=C=CC)OCC(C)=O)C(=C)C. The maximum absolute atomic E-state index is 13.2. The Bertz CT molecular complexity index is 1380. The molecule has 1 rings (SSSR count). The average Bonchev–Trinajstić information content (AvgIpc) is 2.99. The first-order chi connectivity index (χ1) is 21.0. The largest absolute Gasteiger partial charge is 0.497 e. The van der Waals surface area contributed by atoms with Crippen molar-refractivity contribution < 1.29 is 24.2 Å². The van der Waals surface area contributed by atoms with Crippen LogP contribution in [0.3, 0.4) is 0 Å². The van der Waals surface area contributed by atoms with Gasteiger partial charge in [-0.2, -0.15) is 0 Å². The van der Waals surface area contributed by atoms with Crippen molar-refractivity contribution in [2.75, 3.05) is 13.7 Å². The van der Waals surface area contributed by atoms with E-state index in [2.05, 4.69) is 25.5 Å². The van der Waals surface area contributed by atoms with Crippen LogP contribution in [0.15, 0.2) is 132 Å². The Balaban J connectivity index is 3.13. The van der Waals surface area contributed by atoms with Crippen LogP contribution in [0.2, 0.25) is 0 Å². The summed E-state index contributed by atoms with van der Waals surface area (Å²) in [5.74, 6) is 0.847. The molecule has 6 nitrogen and oxygen atoms in total. The smallest absolute Gasteiger partial charge is 0.170 e. The fourth-order valence-electron chi connectivity index (χ4n) is 4.00. The molecule has 0 heterocycles. The Labute approximate surface area is 263 Å². The van der Waals surface area contributed by atoms with E-state index in [0.29, 0.717) is 42.6 Å². The molecular formula is C38H47NO5. The van der Waals surface area contributed by atoms with Crippen molar-refractivity contribution in [2.24, 2.45) is 4.99 Å². The number of carbonyl (C=O) groups excluding carboxylic acids is 2. The number of aliphatic hydroxyl groups excluding tert-OH is 1. The summed E-state index contributed by atoms with van der Waals surface area (Å²) in [6.07, 6.45) is 15.7. The zero-order valence-corrected chi connectivity index (χ0v) is 26.9. The minimum absolute atomic E-state index is 0.119. The van der Waals surface area contributed by atoms with Crippen LogP contribution in [-0.4, -0.2) is 36.1 Å². The molecule has 0 aliphatic heterocycles. The number of hydrogen-bond donors (Lipinski definition) is 1. The molecule has 0 fully saturated rings. The lowest BCUT2D eigenvalue weighted by molar-refractivity contribution is -0.120. The van der Waals surface area contributed by atoms with Crippen LogP contribution in [0.5, 0.6) is 5.75 Å². The number of Topliss-reactive ketones (excluding diaryl/α,β-unsaturated/α-hetero) is 2. The lowest BCUT2D eigenvalue weighted by Crippen LogP contribution is -2.11. The first-order valence-electron chi connectivity index (χ1n) is 14.6. The van der Waals surface area contributed by atoms with Crippen LogP contribution in [-0.2, 0) is 14.3 Å². The van der Waals surface area contributed by atoms with Crippen LogP contribution < -0.4 is 4.74 Å². The van der Waals surface area contributed by atoms with Crippen molar-refractivity contribution in [3.8, 4) is 5.75 Å². The van der Waals surface area contributed by atoms with Gasteiger partial charge < -0.3 is 14.6 Å². The number of carbonyl (C=O) groups is 2. The third kappa shape index (κ3) is 14.6. The van der Waals surface area contributed by atoms with Gasteiger partial charge in [0, 0.05) is 30.7 Å². The van der Waals surface area contributed by atoms with E-state index in [4.69, 9.17) is 14.5 Å². The second-order valence-corrected chi connectivity index (χ2v) is 10.2. The fraction of sp³-hybridized carbons (Fsp3) is 0.316. The molecule has 0 aromatic heterocycles. The highest BCUT2D eigenvalue weighted by molar-refractivity contribution is 6.02. The van der Waals surface area contributed by atoms with Crippen molar-refractivity contribution in [1.82, 2.24) is 0 Å². The highest BCUT2D eigenvalue weighted by atomic mass is 16.5.